The zero-order valence-corrected chi connectivity index (χ0v) is 14.4. The number of hydrogen-bond acceptors (Lipinski definition) is 5. The van der Waals surface area contributed by atoms with Gasteiger partial charge in [-0.05, 0) is 48.5 Å². The predicted molar refractivity (Wildman–Crippen MR) is 101 cm³/mol. The molecule has 7 nitrogen and oxygen atoms in total. The fraction of sp³-hybridized carbons (Fsp3) is 0.263. The van der Waals surface area contributed by atoms with Gasteiger partial charge in [0.25, 0.3) is 0 Å². The molecule has 0 amide bonds. The molecule has 2 aromatic carbocycles. The maximum Gasteiger partial charge on any atom is 0.122 e. The predicted octanol–water partition coefficient (Wildman–Crippen LogP) is 1.85. The summed E-state index contributed by atoms with van der Waals surface area (Å²) >= 11 is 0. The van der Waals surface area contributed by atoms with E-state index in [2.05, 4.69) is 0 Å². The van der Waals surface area contributed by atoms with Crippen molar-refractivity contribution in [1.29, 1.82) is 10.8 Å². The molecule has 0 radical (unpaired) electrons. The van der Waals surface area contributed by atoms with Crippen molar-refractivity contribution in [1.82, 2.24) is 0 Å². The van der Waals surface area contributed by atoms with E-state index in [4.69, 9.17) is 31.8 Å². The lowest BCUT2D eigenvalue weighted by atomic mass is 10.2. The van der Waals surface area contributed by atoms with Crippen LogP contribution in [-0.4, -0.2) is 36.1 Å². The summed E-state index contributed by atoms with van der Waals surface area (Å²) in [6, 6.07) is 13.9. The third kappa shape index (κ3) is 6.10. The van der Waals surface area contributed by atoms with Crippen molar-refractivity contribution in [3.63, 3.8) is 0 Å². The van der Waals surface area contributed by atoms with Crippen molar-refractivity contribution in [2.75, 3.05) is 13.2 Å². The van der Waals surface area contributed by atoms with Crippen LogP contribution in [-0.2, 0) is 0 Å². The van der Waals surface area contributed by atoms with E-state index in [-0.39, 0.29) is 11.7 Å². The number of rotatable bonds is 10. The third-order valence-electron chi connectivity index (χ3n) is 3.77. The Morgan fingerprint density at radius 1 is 0.769 bits per heavy atom. The van der Waals surface area contributed by atoms with Crippen LogP contribution in [0.1, 0.15) is 24.0 Å². The van der Waals surface area contributed by atoms with Crippen LogP contribution < -0.4 is 20.9 Å². The van der Waals surface area contributed by atoms with Crippen molar-refractivity contribution >= 4 is 11.7 Å². The number of nitrogens with one attached hydrogen (secondary N) is 2. The summed E-state index contributed by atoms with van der Waals surface area (Å²) in [4.78, 5) is 0. The molecule has 0 spiro atoms. The van der Waals surface area contributed by atoms with E-state index in [1.807, 2.05) is 0 Å². The number of nitrogen functional groups attached to an aromatic ring is 2. The molecule has 0 fully saturated rings. The van der Waals surface area contributed by atoms with Gasteiger partial charge in [0.2, 0.25) is 0 Å². The van der Waals surface area contributed by atoms with E-state index >= 15 is 0 Å². The maximum atomic E-state index is 9.99. The number of nitrogens with two attached hydrogens (primary N) is 2. The van der Waals surface area contributed by atoms with Gasteiger partial charge in [-0.15, -0.1) is 0 Å². The Morgan fingerprint density at radius 2 is 1.12 bits per heavy atom. The highest BCUT2D eigenvalue weighted by Crippen LogP contribution is 2.14. The van der Waals surface area contributed by atoms with Crippen LogP contribution in [0.4, 0.5) is 0 Å². The van der Waals surface area contributed by atoms with Gasteiger partial charge in [-0.3, -0.25) is 10.8 Å². The summed E-state index contributed by atoms with van der Waals surface area (Å²) in [7, 11) is 0. The van der Waals surface area contributed by atoms with Crippen LogP contribution in [0.3, 0.4) is 0 Å². The number of aliphatic hydroxyl groups excluding tert-OH is 1. The molecule has 0 aliphatic rings. The third-order valence-corrected chi connectivity index (χ3v) is 3.77. The molecular weight excluding hydrogens is 332 g/mol. The highest BCUT2D eigenvalue weighted by atomic mass is 16.5. The van der Waals surface area contributed by atoms with E-state index in [0.29, 0.717) is 48.7 Å². The van der Waals surface area contributed by atoms with Gasteiger partial charge >= 0.3 is 0 Å². The summed E-state index contributed by atoms with van der Waals surface area (Å²) in [6.45, 7) is 0.766. The molecule has 0 unspecified atom stereocenters. The number of hydrogen-bond donors (Lipinski definition) is 5. The summed E-state index contributed by atoms with van der Waals surface area (Å²) in [5.41, 5.74) is 12.1. The second-order valence-electron chi connectivity index (χ2n) is 5.80. The first-order valence-corrected chi connectivity index (χ1v) is 8.28. The van der Waals surface area contributed by atoms with Gasteiger partial charge in [0.15, 0.2) is 0 Å². The Labute approximate surface area is 152 Å². The van der Waals surface area contributed by atoms with Gasteiger partial charge in [0.1, 0.15) is 23.2 Å². The standard InChI is InChI=1S/C19H24N4O3/c20-18(21)13-1-5-16(6-2-13)25-11-9-15(24)10-12-26-17-7-3-14(4-8-17)19(22)23/h1-8,15,24H,9-12H2,(H3,20,21)(H3,22,23). The second-order valence-corrected chi connectivity index (χ2v) is 5.80. The lowest BCUT2D eigenvalue weighted by molar-refractivity contribution is 0.113. The smallest absolute Gasteiger partial charge is 0.122 e. The average molecular weight is 356 g/mol. The minimum absolute atomic E-state index is 0.0166. The van der Waals surface area contributed by atoms with E-state index in [1.165, 1.54) is 0 Å². The summed E-state index contributed by atoms with van der Waals surface area (Å²) in [5, 5.41) is 24.7. The maximum absolute atomic E-state index is 9.99. The molecule has 0 saturated carbocycles. The van der Waals surface area contributed by atoms with Crippen LogP contribution in [0.5, 0.6) is 11.5 Å². The molecule has 0 aliphatic heterocycles. The Hall–Kier alpha value is -3.06. The Kier molecular flexibility index (Phi) is 6.99. The highest BCUT2D eigenvalue weighted by molar-refractivity contribution is 5.95. The monoisotopic (exact) mass is 356 g/mol. The molecule has 0 aliphatic carbocycles. The number of benzene rings is 2. The van der Waals surface area contributed by atoms with Crippen LogP contribution in [0, 0.1) is 10.8 Å². The molecule has 2 rings (SSSR count). The van der Waals surface area contributed by atoms with Gasteiger partial charge in [0, 0.05) is 24.0 Å². The number of aliphatic hydroxyl groups is 1. The molecule has 7 heteroatoms. The zero-order valence-electron chi connectivity index (χ0n) is 14.4. The van der Waals surface area contributed by atoms with Crippen molar-refractivity contribution in [3.05, 3.63) is 59.7 Å². The van der Waals surface area contributed by atoms with Gasteiger partial charge < -0.3 is 26.0 Å². The Bertz CT molecular complexity index is 666. The summed E-state index contributed by atoms with van der Waals surface area (Å²) < 4.78 is 11.1. The summed E-state index contributed by atoms with van der Waals surface area (Å²) in [6.07, 6.45) is 0.449. The molecule has 0 aromatic heterocycles. The SMILES string of the molecule is N=C(N)c1ccc(OCCC(O)CCOc2ccc(C(=N)N)cc2)cc1. The number of amidine groups is 2. The van der Waals surface area contributed by atoms with Gasteiger partial charge in [-0.1, -0.05) is 0 Å². The van der Waals surface area contributed by atoms with Gasteiger partial charge in [-0.2, -0.15) is 0 Å². The quantitative estimate of drug-likeness (QED) is 0.327. The van der Waals surface area contributed by atoms with Crippen LogP contribution in [0.25, 0.3) is 0 Å². The molecule has 138 valence electrons. The zero-order chi connectivity index (χ0) is 18.9. The highest BCUT2D eigenvalue weighted by Gasteiger charge is 2.06. The topological polar surface area (TPSA) is 138 Å². The Morgan fingerprint density at radius 3 is 1.42 bits per heavy atom. The molecule has 2 aromatic rings. The average Bonchev–Trinajstić information content (AvgIpc) is 2.62. The van der Waals surface area contributed by atoms with Crippen LogP contribution >= 0.6 is 0 Å². The largest absolute Gasteiger partial charge is 0.493 e. The molecule has 7 N–H and O–H groups in total. The first kappa shape index (κ1) is 19.3. The summed E-state index contributed by atoms with van der Waals surface area (Å²) in [5.74, 6) is 1.37. The van der Waals surface area contributed by atoms with Crippen molar-refractivity contribution in [3.8, 4) is 11.5 Å². The van der Waals surface area contributed by atoms with Gasteiger partial charge in [-0.25, -0.2) is 0 Å². The van der Waals surface area contributed by atoms with Crippen LogP contribution in [0.15, 0.2) is 48.5 Å². The van der Waals surface area contributed by atoms with E-state index < -0.39 is 6.10 Å². The first-order valence-electron chi connectivity index (χ1n) is 8.28. The molecule has 26 heavy (non-hydrogen) atoms. The van der Waals surface area contributed by atoms with Crippen molar-refractivity contribution in [2.45, 2.75) is 18.9 Å². The molecule has 0 heterocycles. The molecule has 0 atom stereocenters. The van der Waals surface area contributed by atoms with Crippen molar-refractivity contribution in [2.24, 2.45) is 11.5 Å². The molecular formula is C19H24N4O3. The fourth-order valence-electron chi connectivity index (χ4n) is 2.23. The number of ether oxygens (including phenoxy) is 2. The fourth-order valence-corrected chi connectivity index (χ4v) is 2.23. The molecule has 0 saturated heterocycles. The first-order chi connectivity index (χ1) is 12.5. The van der Waals surface area contributed by atoms with Gasteiger partial charge in [0.05, 0.1) is 19.3 Å². The van der Waals surface area contributed by atoms with Crippen LogP contribution in [0.2, 0.25) is 0 Å². The normalized spacial score (nSPS) is 11.6. The minimum Gasteiger partial charge on any atom is -0.493 e. The second kappa shape index (κ2) is 9.43. The lowest BCUT2D eigenvalue weighted by Gasteiger charge is -2.13. The minimum atomic E-state index is -0.525. The molecule has 0 bridgehead atoms. The van der Waals surface area contributed by atoms with E-state index in [0.717, 1.165) is 0 Å². The van der Waals surface area contributed by atoms with Crippen molar-refractivity contribution < 1.29 is 14.6 Å². The Balaban J connectivity index is 1.64. The van der Waals surface area contributed by atoms with E-state index in [1.54, 1.807) is 48.5 Å². The lowest BCUT2D eigenvalue weighted by Crippen LogP contribution is -2.16. The van der Waals surface area contributed by atoms with E-state index in [9.17, 15) is 5.11 Å².